The first-order valence-corrected chi connectivity index (χ1v) is 6.41. The van der Waals surface area contributed by atoms with E-state index in [0.717, 1.165) is 12.8 Å². The zero-order valence-corrected chi connectivity index (χ0v) is 11.8. The molecule has 0 radical (unpaired) electrons. The molecule has 1 aliphatic rings. The second-order valence-electron chi connectivity index (χ2n) is 5.40. The Kier molecular flexibility index (Phi) is 5.49. The van der Waals surface area contributed by atoms with Gasteiger partial charge >= 0.3 is 6.09 Å². The highest BCUT2D eigenvalue weighted by Crippen LogP contribution is 2.17. The molecule has 4 nitrogen and oxygen atoms in total. The van der Waals surface area contributed by atoms with Gasteiger partial charge in [-0.15, -0.1) is 5.92 Å². The molecule has 0 aliphatic carbocycles. The summed E-state index contributed by atoms with van der Waals surface area (Å²) in [5, 5.41) is 0. The first-order valence-electron chi connectivity index (χ1n) is 6.41. The lowest BCUT2D eigenvalue weighted by Gasteiger charge is -2.33. The maximum absolute atomic E-state index is 11.8. The van der Waals surface area contributed by atoms with Crippen LogP contribution in [0.25, 0.3) is 0 Å². The number of rotatable bonds is 2. The van der Waals surface area contributed by atoms with E-state index in [4.69, 9.17) is 9.47 Å². The first-order chi connectivity index (χ1) is 8.42. The molecule has 0 spiro atoms. The standard InChI is InChI=1S/C14H23NO3/c1-5-6-11-17-12-7-9-15(10-8-12)13(16)18-14(2,3)4/h12H,7-11H2,1-4H3. The Hall–Kier alpha value is -1.21. The highest BCUT2D eigenvalue weighted by atomic mass is 16.6. The molecule has 102 valence electrons. The van der Waals surface area contributed by atoms with Crippen molar-refractivity contribution in [2.24, 2.45) is 0 Å². The Balaban J connectivity index is 2.30. The van der Waals surface area contributed by atoms with Crippen molar-refractivity contribution in [3.8, 4) is 11.8 Å². The Morgan fingerprint density at radius 2 is 1.94 bits per heavy atom. The van der Waals surface area contributed by atoms with E-state index in [0.29, 0.717) is 19.7 Å². The van der Waals surface area contributed by atoms with Gasteiger partial charge in [-0.05, 0) is 40.5 Å². The molecule has 0 bridgehead atoms. The lowest BCUT2D eigenvalue weighted by atomic mass is 10.1. The van der Waals surface area contributed by atoms with Gasteiger partial charge in [-0.3, -0.25) is 0 Å². The molecule has 4 heteroatoms. The molecule has 0 N–H and O–H groups in total. The van der Waals surface area contributed by atoms with E-state index >= 15 is 0 Å². The van der Waals surface area contributed by atoms with Crippen molar-refractivity contribution in [1.29, 1.82) is 0 Å². The minimum atomic E-state index is -0.429. The second-order valence-corrected chi connectivity index (χ2v) is 5.40. The van der Waals surface area contributed by atoms with Gasteiger partial charge in [0, 0.05) is 13.1 Å². The zero-order chi connectivity index (χ0) is 13.6. The van der Waals surface area contributed by atoms with Gasteiger partial charge in [0.15, 0.2) is 0 Å². The minimum absolute atomic E-state index is 0.213. The molecule has 1 aliphatic heterocycles. The molecule has 18 heavy (non-hydrogen) atoms. The van der Waals surface area contributed by atoms with Gasteiger partial charge in [0.25, 0.3) is 0 Å². The number of hydrogen-bond donors (Lipinski definition) is 0. The normalized spacial score (nSPS) is 17.0. The number of nitrogens with zero attached hydrogens (tertiary/aromatic N) is 1. The van der Waals surface area contributed by atoms with E-state index in [1.54, 1.807) is 11.8 Å². The van der Waals surface area contributed by atoms with Crippen LogP contribution in [0.5, 0.6) is 0 Å². The molecular formula is C14H23NO3. The van der Waals surface area contributed by atoms with Crippen LogP contribution in [-0.2, 0) is 9.47 Å². The topological polar surface area (TPSA) is 38.8 Å². The fourth-order valence-corrected chi connectivity index (χ4v) is 1.76. The zero-order valence-electron chi connectivity index (χ0n) is 11.8. The van der Waals surface area contributed by atoms with Gasteiger partial charge in [0.1, 0.15) is 12.2 Å². The smallest absolute Gasteiger partial charge is 0.410 e. The maximum atomic E-state index is 11.8. The monoisotopic (exact) mass is 253 g/mol. The van der Waals surface area contributed by atoms with Crippen molar-refractivity contribution in [2.75, 3.05) is 19.7 Å². The number of amides is 1. The maximum Gasteiger partial charge on any atom is 0.410 e. The Morgan fingerprint density at radius 1 is 1.33 bits per heavy atom. The Bertz CT molecular complexity index is 327. The van der Waals surface area contributed by atoms with Crippen LogP contribution in [0.4, 0.5) is 4.79 Å². The third kappa shape index (κ3) is 5.42. The van der Waals surface area contributed by atoms with Crippen LogP contribution in [0.15, 0.2) is 0 Å². The summed E-state index contributed by atoms with van der Waals surface area (Å²) in [5.74, 6) is 5.68. The van der Waals surface area contributed by atoms with E-state index in [1.807, 2.05) is 20.8 Å². The molecule has 1 rings (SSSR count). The lowest BCUT2D eigenvalue weighted by Crippen LogP contribution is -2.43. The molecule has 0 aromatic carbocycles. The van der Waals surface area contributed by atoms with Gasteiger partial charge in [-0.25, -0.2) is 4.79 Å². The van der Waals surface area contributed by atoms with Gasteiger partial charge in [-0.2, -0.15) is 0 Å². The molecule has 0 atom stereocenters. The van der Waals surface area contributed by atoms with Crippen molar-refractivity contribution in [2.45, 2.75) is 52.2 Å². The van der Waals surface area contributed by atoms with Crippen molar-refractivity contribution >= 4 is 6.09 Å². The Labute approximate surface area is 110 Å². The number of piperidine rings is 1. The molecule has 1 saturated heterocycles. The Morgan fingerprint density at radius 3 is 2.44 bits per heavy atom. The molecule has 0 aromatic rings. The highest BCUT2D eigenvalue weighted by molar-refractivity contribution is 5.68. The van der Waals surface area contributed by atoms with E-state index < -0.39 is 5.60 Å². The molecule has 1 amide bonds. The van der Waals surface area contributed by atoms with Crippen LogP contribution in [0.2, 0.25) is 0 Å². The number of ether oxygens (including phenoxy) is 2. The predicted molar refractivity (Wildman–Crippen MR) is 70.2 cm³/mol. The number of carbonyl (C=O) groups is 1. The SMILES string of the molecule is CC#CCOC1CCN(C(=O)OC(C)(C)C)CC1. The van der Waals surface area contributed by atoms with Crippen molar-refractivity contribution in [1.82, 2.24) is 4.90 Å². The third-order valence-electron chi connectivity index (χ3n) is 2.66. The summed E-state index contributed by atoms with van der Waals surface area (Å²) in [6.45, 7) is 9.30. The van der Waals surface area contributed by atoms with Crippen LogP contribution < -0.4 is 0 Å². The second kappa shape index (κ2) is 6.65. The van der Waals surface area contributed by atoms with Crippen LogP contribution in [0.3, 0.4) is 0 Å². The number of hydrogen-bond acceptors (Lipinski definition) is 3. The predicted octanol–water partition coefficient (Wildman–Crippen LogP) is 2.43. The average molecular weight is 253 g/mol. The van der Waals surface area contributed by atoms with Gasteiger partial charge < -0.3 is 14.4 Å². The van der Waals surface area contributed by atoms with E-state index in [1.165, 1.54) is 0 Å². The van der Waals surface area contributed by atoms with Crippen molar-refractivity contribution in [3.05, 3.63) is 0 Å². The van der Waals surface area contributed by atoms with Crippen LogP contribution in [0, 0.1) is 11.8 Å². The van der Waals surface area contributed by atoms with Crippen LogP contribution >= 0.6 is 0 Å². The molecule has 1 fully saturated rings. The quantitative estimate of drug-likeness (QED) is 0.709. The number of carbonyl (C=O) groups excluding carboxylic acids is 1. The van der Waals surface area contributed by atoms with E-state index in [2.05, 4.69) is 11.8 Å². The summed E-state index contributed by atoms with van der Waals surface area (Å²) in [7, 11) is 0. The summed E-state index contributed by atoms with van der Waals surface area (Å²) < 4.78 is 10.9. The largest absolute Gasteiger partial charge is 0.444 e. The lowest BCUT2D eigenvalue weighted by molar-refractivity contribution is -0.00374. The minimum Gasteiger partial charge on any atom is -0.444 e. The first kappa shape index (κ1) is 14.8. The molecule has 1 heterocycles. The van der Waals surface area contributed by atoms with Crippen molar-refractivity contribution < 1.29 is 14.3 Å². The summed E-state index contributed by atoms with van der Waals surface area (Å²) in [6.07, 6.45) is 1.69. The molecule has 0 aromatic heterocycles. The molecule has 0 saturated carbocycles. The van der Waals surface area contributed by atoms with E-state index in [9.17, 15) is 4.79 Å². The van der Waals surface area contributed by atoms with Gasteiger partial charge in [-0.1, -0.05) is 5.92 Å². The van der Waals surface area contributed by atoms with Crippen molar-refractivity contribution in [3.63, 3.8) is 0 Å². The fourth-order valence-electron chi connectivity index (χ4n) is 1.76. The summed E-state index contributed by atoms with van der Waals surface area (Å²) in [5.41, 5.74) is -0.429. The van der Waals surface area contributed by atoms with Crippen LogP contribution in [-0.4, -0.2) is 42.4 Å². The molecular weight excluding hydrogens is 230 g/mol. The molecule has 0 unspecified atom stereocenters. The van der Waals surface area contributed by atoms with Gasteiger partial charge in [0.2, 0.25) is 0 Å². The number of likely N-dealkylation sites (tertiary alicyclic amines) is 1. The summed E-state index contributed by atoms with van der Waals surface area (Å²) in [4.78, 5) is 13.6. The average Bonchev–Trinajstić information content (AvgIpc) is 2.28. The van der Waals surface area contributed by atoms with Crippen LogP contribution in [0.1, 0.15) is 40.5 Å². The highest BCUT2D eigenvalue weighted by Gasteiger charge is 2.26. The summed E-state index contributed by atoms with van der Waals surface area (Å²) >= 11 is 0. The van der Waals surface area contributed by atoms with Gasteiger partial charge in [0.05, 0.1) is 6.10 Å². The fraction of sp³-hybridized carbons (Fsp3) is 0.786. The third-order valence-corrected chi connectivity index (χ3v) is 2.66. The van der Waals surface area contributed by atoms with E-state index in [-0.39, 0.29) is 12.2 Å². The summed E-state index contributed by atoms with van der Waals surface area (Å²) in [6, 6.07) is 0.